The number of benzene rings is 1. The minimum Gasteiger partial charge on any atom is -0.469 e. The van der Waals surface area contributed by atoms with Gasteiger partial charge in [0.2, 0.25) is 0 Å². The van der Waals surface area contributed by atoms with Crippen molar-refractivity contribution in [1.82, 2.24) is 0 Å². The largest absolute Gasteiger partial charge is 0.469 e. The summed E-state index contributed by atoms with van der Waals surface area (Å²) in [6.45, 7) is 1.79. The average molecular weight is 270 g/mol. The minimum absolute atomic E-state index is 0.212. The first-order valence-electron chi connectivity index (χ1n) is 4.98. The van der Waals surface area contributed by atoms with E-state index in [1.54, 1.807) is 25.1 Å². The molecule has 0 radical (unpaired) electrons. The first-order chi connectivity index (χ1) is 8.08. The number of hydrogen-bond acceptors (Lipinski definition) is 4. The summed E-state index contributed by atoms with van der Waals surface area (Å²) in [4.78, 5) is 12.0. The number of halogens is 1. The highest BCUT2D eigenvalue weighted by molar-refractivity contribution is 7.99. The van der Waals surface area contributed by atoms with Crippen LogP contribution in [0.4, 0.5) is 0 Å². The summed E-state index contributed by atoms with van der Waals surface area (Å²) in [5, 5.41) is 9.51. The third kappa shape index (κ3) is 3.95. The molecule has 0 aliphatic rings. The Balaban J connectivity index is 2.72. The van der Waals surface area contributed by atoms with Crippen molar-refractivity contribution in [1.29, 1.82) is 5.26 Å². The van der Waals surface area contributed by atoms with Crippen LogP contribution in [0.1, 0.15) is 12.5 Å². The fraction of sp³-hybridized carbons (Fsp3) is 0.333. The first kappa shape index (κ1) is 13.9. The molecule has 0 spiro atoms. The maximum Gasteiger partial charge on any atom is 0.309 e. The second kappa shape index (κ2) is 6.53. The van der Waals surface area contributed by atoms with Gasteiger partial charge in [0, 0.05) is 15.7 Å². The van der Waals surface area contributed by atoms with E-state index in [0.717, 1.165) is 4.90 Å². The number of thioether (sulfide) groups is 1. The predicted molar refractivity (Wildman–Crippen MR) is 68.1 cm³/mol. The molecule has 0 saturated carbocycles. The zero-order valence-electron chi connectivity index (χ0n) is 9.57. The normalized spacial score (nSPS) is 11.6. The molecule has 1 aromatic carbocycles. The van der Waals surface area contributed by atoms with Gasteiger partial charge in [0.05, 0.1) is 18.6 Å². The number of nitriles is 1. The average Bonchev–Trinajstić information content (AvgIpc) is 2.35. The number of esters is 1. The number of carbonyl (C=O) groups excluding carboxylic acids is 1. The molecule has 1 atom stereocenters. The van der Waals surface area contributed by atoms with E-state index < -0.39 is 0 Å². The molecule has 0 N–H and O–H groups in total. The van der Waals surface area contributed by atoms with Crippen molar-refractivity contribution in [3.05, 3.63) is 28.8 Å². The fourth-order valence-corrected chi connectivity index (χ4v) is 2.47. The number of nitrogens with zero attached hydrogens (tertiary/aromatic N) is 1. The van der Waals surface area contributed by atoms with Crippen LogP contribution in [0.5, 0.6) is 0 Å². The summed E-state index contributed by atoms with van der Waals surface area (Å²) in [7, 11) is 1.36. The summed E-state index contributed by atoms with van der Waals surface area (Å²) < 4.78 is 4.64. The molecule has 1 unspecified atom stereocenters. The Morgan fingerprint density at radius 1 is 1.65 bits per heavy atom. The van der Waals surface area contributed by atoms with Crippen molar-refractivity contribution in [2.24, 2.45) is 5.92 Å². The third-order valence-electron chi connectivity index (χ3n) is 2.16. The maximum absolute atomic E-state index is 11.2. The lowest BCUT2D eigenvalue weighted by Gasteiger charge is -2.09. The van der Waals surface area contributed by atoms with Gasteiger partial charge >= 0.3 is 5.97 Å². The van der Waals surface area contributed by atoms with Crippen molar-refractivity contribution in [2.75, 3.05) is 12.9 Å². The van der Waals surface area contributed by atoms with E-state index in [9.17, 15) is 4.79 Å². The summed E-state index contributed by atoms with van der Waals surface area (Å²) in [5.41, 5.74) is 0.566. The molecule has 5 heteroatoms. The molecule has 0 aromatic heterocycles. The number of carbonyl (C=O) groups is 1. The molecule has 0 saturated heterocycles. The van der Waals surface area contributed by atoms with E-state index in [-0.39, 0.29) is 11.9 Å². The van der Waals surface area contributed by atoms with E-state index in [1.165, 1.54) is 18.9 Å². The molecule has 0 fully saturated rings. The van der Waals surface area contributed by atoms with Crippen LogP contribution in [0.25, 0.3) is 0 Å². The van der Waals surface area contributed by atoms with Crippen LogP contribution in [-0.2, 0) is 9.53 Å². The standard InChI is InChI=1S/C12H12ClNO2S/c1-8(12(15)16-2)7-17-11-5-10(13)4-3-9(11)6-14/h3-5,8H,7H2,1-2H3. The van der Waals surface area contributed by atoms with Crippen molar-refractivity contribution < 1.29 is 9.53 Å². The predicted octanol–water partition coefficient (Wildman–Crippen LogP) is 3.11. The number of methoxy groups -OCH3 is 1. The van der Waals surface area contributed by atoms with Crippen molar-refractivity contribution in [2.45, 2.75) is 11.8 Å². The monoisotopic (exact) mass is 269 g/mol. The maximum atomic E-state index is 11.2. The minimum atomic E-state index is -0.252. The Hall–Kier alpha value is -1.18. The van der Waals surface area contributed by atoms with E-state index in [0.29, 0.717) is 16.3 Å². The van der Waals surface area contributed by atoms with Crippen LogP contribution >= 0.6 is 23.4 Å². The van der Waals surface area contributed by atoms with Gasteiger partial charge in [-0.05, 0) is 18.2 Å². The van der Waals surface area contributed by atoms with Gasteiger partial charge in [0.1, 0.15) is 6.07 Å². The molecule has 1 rings (SSSR count). The van der Waals surface area contributed by atoms with Crippen LogP contribution in [0.3, 0.4) is 0 Å². The van der Waals surface area contributed by atoms with Crippen molar-refractivity contribution in [3.8, 4) is 6.07 Å². The zero-order valence-corrected chi connectivity index (χ0v) is 11.1. The Bertz CT molecular complexity index is 456. The van der Waals surface area contributed by atoms with E-state index in [2.05, 4.69) is 10.8 Å². The molecule has 17 heavy (non-hydrogen) atoms. The first-order valence-corrected chi connectivity index (χ1v) is 6.35. The van der Waals surface area contributed by atoms with Crippen LogP contribution in [0.15, 0.2) is 23.1 Å². The van der Waals surface area contributed by atoms with Gasteiger partial charge in [-0.15, -0.1) is 11.8 Å². The van der Waals surface area contributed by atoms with E-state index >= 15 is 0 Å². The summed E-state index contributed by atoms with van der Waals surface area (Å²) in [6.07, 6.45) is 0. The topological polar surface area (TPSA) is 50.1 Å². The highest BCUT2D eigenvalue weighted by Gasteiger charge is 2.14. The Kier molecular flexibility index (Phi) is 5.33. The zero-order chi connectivity index (χ0) is 12.8. The van der Waals surface area contributed by atoms with Gasteiger partial charge in [-0.1, -0.05) is 18.5 Å². The van der Waals surface area contributed by atoms with Gasteiger partial charge < -0.3 is 4.74 Å². The Morgan fingerprint density at radius 3 is 2.94 bits per heavy atom. The molecule has 0 bridgehead atoms. The smallest absolute Gasteiger partial charge is 0.309 e. The van der Waals surface area contributed by atoms with Gasteiger partial charge in [0.15, 0.2) is 0 Å². The highest BCUT2D eigenvalue weighted by Crippen LogP contribution is 2.27. The summed E-state index contributed by atoms with van der Waals surface area (Å²) in [5.74, 6) is 0.0929. The second-order valence-electron chi connectivity index (χ2n) is 3.49. The number of ether oxygens (including phenoxy) is 1. The van der Waals surface area contributed by atoms with Gasteiger partial charge in [-0.25, -0.2) is 0 Å². The van der Waals surface area contributed by atoms with Crippen molar-refractivity contribution >= 4 is 29.3 Å². The molecule has 0 aliphatic carbocycles. The molecule has 1 aromatic rings. The lowest BCUT2D eigenvalue weighted by molar-refractivity contribution is -0.143. The SMILES string of the molecule is COC(=O)C(C)CSc1cc(Cl)ccc1C#N. The Morgan fingerprint density at radius 2 is 2.35 bits per heavy atom. The summed E-state index contributed by atoms with van der Waals surface area (Å²) in [6, 6.07) is 7.17. The van der Waals surface area contributed by atoms with E-state index in [1.807, 2.05) is 0 Å². The third-order valence-corrected chi connectivity index (χ3v) is 3.71. The van der Waals surface area contributed by atoms with Crippen LogP contribution < -0.4 is 0 Å². The molecule has 0 aliphatic heterocycles. The van der Waals surface area contributed by atoms with Crippen LogP contribution in [-0.4, -0.2) is 18.8 Å². The lowest BCUT2D eigenvalue weighted by Crippen LogP contribution is -2.14. The van der Waals surface area contributed by atoms with Gasteiger partial charge in [-0.2, -0.15) is 5.26 Å². The molecular formula is C12H12ClNO2S. The second-order valence-corrected chi connectivity index (χ2v) is 4.99. The quantitative estimate of drug-likeness (QED) is 0.622. The van der Waals surface area contributed by atoms with E-state index in [4.69, 9.17) is 16.9 Å². The van der Waals surface area contributed by atoms with Crippen molar-refractivity contribution in [3.63, 3.8) is 0 Å². The van der Waals surface area contributed by atoms with Crippen LogP contribution in [0, 0.1) is 17.2 Å². The number of rotatable bonds is 4. The van der Waals surface area contributed by atoms with Crippen LogP contribution in [0.2, 0.25) is 5.02 Å². The van der Waals surface area contributed by atoms with Gasteiger partial charge in [0.25, 0.3) is 0 Å². The highest BCUT2D eigenvalue weighted by atomic mass is 35.5. The summed E-state index contributed by atoms with van der Waals surface area (Å²) >= 11 is 7.29. The Labute approximate surface area is 110 Å². The molecular weight excluding hydrogens is 258 g/mol. The molecule has 3 nitrogen and oxygen atoms in total. The lowest BCUT2D eigenvalue weighted by atomic mass is 10.2. The fourth-order valence-electron chi connectivity index (χ4n) is 1.19. The molecule has 0 heterocycles. The molecule has 90 valence electrons. The number of hydrogen-bond donors (Lipinski definition) is 0. The molecule has 0 amide bonds. The van der Waals surface area contributed by atoms with Gasteiger partial charge in [-0.3, -0.25) is 4.79 Å².